The Bertz CT molecular complexity index is 298. The molecule has 5 nitrogen and oxygen atoms in total. The van der Waals surface area contributed by atoms with Gasteiger partial charge in [-0.05, 0) is 30.7 Å². The van der Waals surface area contributed by atoms with Gasteiger partial charge in [0.15, 0.2) is 0 Å². The molecule has 0 spiro atoms. The van der Waals surface area contributed by atoms with E-state index < -0.39 is 0 Å². The number of hydrogen-bond acceptors (Lipinski definition) is 4. The Morgan fingerprint density at radius 1 is 1.32 bits per heavy atom. The summed E-state index contributed by atoms with van der Waals surface area (Å²) < 4.78 is 4.72. The monoisotopic (exact) mass is 272 g/mol. The molecular weight excluding hydrogens is 244 g/mol. The molecule has 0 radical (unpaired) electrons. The molecule has 0 saturated heterocycles. The van der Waals surface area contributed by atoms with Crippen molar-refractivity contribution in [1.29, 1.82) is 0 Å². The summed E-state index contributed by atoms with van der Waals surface area (Å²) >= 11 is 0. The van der Waals surface area contributed by atoms with Gasteiger partial charge in [-0.1, -0.05) is 27.7 Å². The molecule has 0 fully saturated rings. The van der Waals surface area contributed by atoms with Gasteiger partial charge in [-0.15, -0.1) is 0 Å². The fourth-order valence-corrected chi connectivity index (χ4v) is 2.16. The standard InChI is InChI=1S/C14H28N2O3/c1-6-11(13(15)18)16-9-10(7-12(17)19-5)8-14(2,3)4/h10-11,16H,6-9H2,1-5H3,(H2,15,18)/t10?,11-/m0/s1. The summed E-state index contributed by atoms with van der Waals surface area (Å²) in [5, 5.41) is 3.14. The third-order valence-electron chi connectivity index (χ3n) is 2.99. The summed E-state index contributed by atoms with van der Waals surface area (Å²) in [6.45, 7) is 8.88. The summed E-state index contributed by atoms with van der Waals surface area (Å²) in [4.78, 5) is 22.6. The second-order valence-corrected chi connectivity index (χ2v) is 6.18. The first kappa shape index (κ1) is 17.9. The lowest BCUT2D eigenvalue weighted by Crippen LogP contribution is -2.43. The van der Waals surface area contributed by atoms with Gasteiger partial charge in [-0.2, -0.15) is 0 Å². The highest BCUT2D eigenvalue weighted by Gasteiger charge is 2.23. The SMILES string of the molecule is CC[C@H](NCC(CC(=O)OC)CC(C)(C)C)C(N)=O. The average Bonchev–Trinajstić information content (AvgIpc) is 2.26. The van der Waals surface area contributed by atoms with Gasteiger partial charge in [0, 0.05) is 6.42 Å². The molecule has 3 N–H and O–H groups in total. The van der Waals surface area contributed by atoms with E-state index >= 15 is 0 Å². The molecule has 2 atom stereocenters. The molecule has 1 amide bonds. The van der Waals surface area contributed by atoms with E-state index in [9.17, 15) is 9.59 Å². The third kappa shape index (κ3) is 8.59. The smallest absolute Gasteiger partial charge is 0.305 e. The molecule has 19 heavy (non-hydrogen) atoms. The van der Waals surface area contributed by atoms with E-state index in [-0.39, 0.29) is 29.3 Å². The van der Waals surface area contributed by atoms with Gasteiger partial charge in [0.1, 0.15) is 0 Å². The molecule has 112 valence electrons. The minimum atomic E-state index is -0.352. The van der Waals surface area contributed by atoms with Crippen molar-refractivity contribution in [3.63, 3.8) is 0 Å². The van der Waals surface area contributed by atoms with Crippen molar-refractivity contribution in [3.05, 3.63) is 0 Å². The number of primary amides is 1. The van der Waals surface area contributed by atoms with Crippen LogP contribution in [0, 0.1) is 11.3 Å². The third-order valence-corrected chi connectivity index (χ3v) is 2.99. The van der Waals surface area contributed by atoms with Crippen LogP contribution in [0.3, 0.4) is 0 Å². The highest BCUT2D eigenvalue weighted by Crippen LogP contribution is 2.26. The van der Waals surface area contributed by atoms with E-state index in [4.69, 9.17) is 10.5 Å². The van der Waals surface area contributed by atoms with Gasteiger partial charge in [0.25, 0.3) is 0 Å². The largest absolute Gasteiger partial charge is 0.469 e. The van der Waals surface area contributed by atoms with Gasteiger partial charge in [0.05, 0.1) is 13.2 Å². The van der Waals surface area contributed by atoms with E-state index in [1.807, 2.05) is 6.92 Å². The van der Waals surface area contributed by atoms with Crippen molar-refractivity contribution >= 4 is 11.9 Å². The van der Waals surface area contributed by atoms with Crippen molar-refractivity contribution < 1.29 is 14.3 Å². The van der Waals surface area contributed by atoms with Crippen molar-refractivity contribution in [2.75, 3.05) is 13.7 Å². The Kier molecular flexibility index (Phi) is 7.68. The molecule has 0 saturated carbocycles. The van der Waals surface area contributed by atoms with Crippen LogP contribution in [-0.2, 0) is 14.3 Å². The predicted molar refractivity (Wildman–Crippen MR) is 75.5 cm³/mol. The van der Waals surface area contributed by atoms with Crippen LogP contribution in [0.15, 0.2) is 0 Å². The normalized spacial score (nSPS) is 14.8. The average molecular weight is 272 g/mol. The Labute approximate surface area is 116 Å². The zero-order valence-corrected chi connectivity index (χ0v) is 12.8. The lowest BCUT2D eigenvalue weighted by Gasteiger charge is -2.26. The number of nitrogens with two attached hydrogens (primary N) is 1. The molecule has 0 aromatic carbocycles. The number of carbonyl (C=O) groups is 2. The molecule has 0 aliphatic carbocycles. The van der Waals surface area contributed by atoms with Crippen LogP contribution in [0.1, 0.15) is 47.0 Å². The maximum Gasteiger partial charge on any atom is 0.305 e. The fourth-order valence-electron chi connectivity index (χ4n) is 2.16. The van der Waals surface area contributed by atoms with E-state index in [0.717, 1.165) is 6.42 Å². The van der Waals surface area contributed by atoms with Gasteiger partial charge in [-0.25, -0.2) is 0 Å². The molecule has 0 aromatic heterocycles. The minimum Gasteiger partial charge on any atom is -0.469 e. The van der Waals surface area contributed by atoms with Gasteiger partial charge in [0.2, 0.25) is 5.91 Å². The molecule has 0 bridgehead atoms. The van der Waals surface area contributed by atoms with Crippen LogP contribution >= 0.6 is 0 Å². The summed E-state index contributed by atoms with van der Waals surface area (Å²) in [6, 6.07) is -0.333. The summed E-state index contributed by atoms with van der Waals surface area (Å²) in [7, 11) is 1.39. The molecule has 0 aliphatic rings. The maximum atomic E-state index is 11.4. The molecule has 1 unspecified atom stereocenters. The number of hydrogen-bond donors (Lipinski definition) is 2. The second kappa shape index (κ2) is 8.15. The number of amides is 1. The van der Waals surface area contributed by atoms with E-state index in [1.54, 1.807) is 0 Å². The van der Waals surface area contributed by atoms with Crippen LogP contribution < -0.4 is 11.1 Å². The fraction of sp³-hybridized carbons (Fsp3) is 0.857. The van der Waals surface area contributed by atoms with E-state index in [0.29, 0.717) is 19.4 Å². The Balaban J connectivity index is 4.49. The van der Waals surface area contributed by atoms with Crippen LogP contribution in [0.5, 0.6) is 0 Å². The molecule has 0 rings (SSSR count). The molecule has 0 aliphatic heterocycles. The van der Waals surface area contributed by atoms with Crippen LogP contribution in [0.25, 0.3) is 0 Å². The molecular formula is C14H28N2O3. The molecule has 5 heteroatoms. The number of ether oxygens (including phenoxy) is 1. The number of methoxy groups -OCH3 is 1. The number of nitrogens with one attached hydrogen (secondary N) is 1. The predicted octanol–water partition coefficient (Wildman–Crippen LogP) is 1.46. The van der Waals surface area contributed by atoms with Gasteiger partial charge >= 0.3 is 5.97 Å². The summed E-state index contributed by atoms with van der Waals surface area (Å²) in [6.07, 6.45) is 1.88. The number of carbonyl (C=O) groups excluding carboxylic acids is 2. The first-order chi connectivity index (χ1) is 8.69. The van der Waals surface area contributed by atoms with Crippen LogP contribution in [0.4, 0.5) is 0 Å². The van der Waals surface area contributed by atoms with E-state index in [1.165, 1.54) is 7.11 Å². The Hall–Kier alpha value is -1.10. The highest BCUT2D eigenvalue weighted by atomic mass is 16.5. The second-order valence-electron chi connectivity index (χ2n) is 6.18. The van der Waals surface area contributed by atoms with Crippen molar-refractivity contribution in [1.82, 2.24) is 5.32 Å². The zero-order valence-electron chi connectivity index (χ0n) is 12.8. The molecule has 0 heterocycles. The van der Waals surface area contributed by atoms with Crippen molar-refractivity contribution in [3.8, 4) is 0 Å². The van der Waals surface area contributed by atoms with E-state index in [2.05, 4.69) is 26.1 Å². The van der Waals surface area contributed by atoms with Crippen molar-refractivity contribution in [2.24, 2.45) is 17.1 Å². The molecule has 0 aromatic rings. The first-order valence-corrected chi connectivity index (χ1v) is 6.79. The Morgan fingerprint density at radius 3 is 2.26 bits per heavy atom. The lowest BCUT2D eigenvalue weighted by atomic mass is 9.83. The maximum absolute atomic E-state index is 11.4. The van der Waals surface area contributed by atoms with Gasteiger partial charge in [-0.3, -0.25) is 9.59 Å². The van der Waals surface area contributed by atoms with Gasteiger partial charge < -0.3 is 15.8 Å². The number of esters is 1. The number of rotatable bonds is 8. The Morgan fingerprint density at radius 2 is 1.89 bits per heavy atom. The zero-order chi connectivity index (χ0) is 15.1. The first-order valence-electron chi connectivity index (χ1n) is 6.79. The van der Waals surface area contributed by atoms with Crippen LogP contribution in [-0.4, -0.2) is 31.6 Å². The topological polar surface area (TPSA) is 81.4 Å². The van der Waals surface area contributed by atoms with Crippen molar-refractivity contribution in [2.45, 2.75) is 53.0 Å². The quantitative estimate of drug-likeness (QED) is 0.655. The highest BCUT2D eigenvalue weighted by molar-refractivity contribution is 5.79. The minimum absolute atomic E-state index is 0.120. The summed E-state index contributed by atoms with van der Waals surface area (Å²) in [5.74, 6) is -0.431. The lowest BCUT2D eigenvalue weighted by molar-refractivity contribution is -0.141. The van der Waals surface area contributed by atoms with Crippen LogP contribution in [0.2, 0.25) is 0 Å². The summed E-state index contributed by atoms with van der Waals surface area (Å²) in [5.41, 5.74) is 5.41.